The van der Waals surface area contributed by atoms with Gasteiger partial charge in [0.1, 0.15) is 29.9 Å². The van der Waals surface area contributed by atoms with Gasteiger partial charge in [-0.2, -0.15) is 9.97 Å². The fraction of sp³-hybridized carbons (Fsp3) is 0.438. The molecule has 1 amide bonds. The second-order valence-electron chi connectivity index (χ2n) is 12.0. The molecule has 240 valence electrons. The van der Waals surface area contributed by atoms with Crippen LogP contribution < -0.4 is 25.4 Å². The number of benzene rings is 2. The summed E-state index contributed by atoms with van der Waals surface area (Å²) in [6.07, 6.45) is 3.13. The molecule has 1 saturated carbocycles. The molecule has 0 unspecified atom stereocenters. The Hall–Kier alpha value is -3.99. The van der Waals surface area contributed by atoms with Crippen molar-refractivity contribution in [3.63, 3.8) is 0 Å². The molecule has 4 aromatic rings. The van der Waals surface area contributed by atoms with Gasteiger partial charge in [-0.05, 0) is 57.8 Å². The molecule has 0 bridgehead atoms. The van der Waals surface area contributed by atoms with Crippen molar-refractivity contribution in [2.75, 3.05) is 44.4 Å². The molecular weight excluding hydrogens is 636 g/mol. The number of nitrogens with zero attached hydrogens (tertiary/aromatic N) is 5. The number of thiophene rings is 1. The van der Waals surface area contributed by atoms with Crippen molar-refractivity contribution in [1.29, 1.82) is 0 Å². The Bertz CT molecular complexity index is 1950. The van der Waals surface area contributed by atoms with Crippen LogP contribution in [-0.2, 0) is 4.79 Å². The average Bonchev–Trinajstić information content (AvgIpc) is 3.55. The average molecular weight is 668 g/mol. The third-order valence-corrected chi connectivity index (χ3v) is 11.0. The molecule has 3 N–H and O–H groups in total. The highest BCUT2D eigenvalue weighted by atomic mass is 35.5. The molecular formula is C32H32ClF2N7O3S. The number of nitrogens with one attached hydrogen (secondary N) is 1. The third-order valence-electron chi connectivity index (χ3n) is 9.60. The summed E-state index contributed by atoms with van der Waals surface area (Å²) in [7, 11) is 3.65. The molecule has 4 atom stereocenters. The van der Waals surface area contributed by atoms with Crippen molar-refractivity contribution in [1.82, 2.24) is 20.2 Å². The lowest BCUT2D eigenvalue weighted by Crippen LogP contribution is -2.54. The SMILES string of the molecule is [C-]#[N+]c1c(N)sc2c(F)ccc(-c3c(Cl)c4c5c(nc(O[C@@H](C)[C@@H]6CCCN6C)nc5c3F)N([C@@H]3CC[C@H]3C(=O)NC)CCO4)c12. The Labute approximate surface area is 273 Å². The molecule has 2 aromatic carbocycles. The van der Waals surface area contributed by atoms with E-state index in [2.05, 4.69) is 20.0 Å². The van der Waals surface area contributed by atoms with E-state index in [1.54, 1.807) is 7.05 Å². The zero-order valence-corrected chi connectivity index (χ0v) is 27.1. The summed E-state index contributed by atoms with van der Waals surface area (Å²) < 4.78 is 44.8. The minimum atomic E-state index is -0.793. The Kier molecular flexibility index (Phi) is 7.77. The van der Waals surface area contributed by atoms with Crippen LogP contribution >= 0.6 is 22.9 Å². The first-order chi connectivity index (χ1) is 22.1. The highest BCUT2D eigenvalue weighted by Crippen LogP contribution is 2.53. The van der Waals surface area contributed by atoms with E-state index in [0.717, 1.165) is 37.1 Å². The van der Waals surface area contributed by atoms with E-state index < -0.39 is 11.6 Å². The largest absolute Gasteiger partial charge is 0.489 e. The number of hydrogen-bond donors (Lipinski definition) is 2. The molecule has 0 spiro atoms. The van der Waals surface area contributed by atoms with E-state index in [0.29, 0.717) is 18.8 Å². The number of ether oxygens (including phenoxy) is 2. The number of halogens is 3. The van der Waals surface area contributed by atoms with E-state index >= 15 is 4.39 Å². The van der Waals surface area contributed by atoms with Crippen molar-refractivity contribution >= 4 is 66.3 Å². The maximum atomic E-state index is 17.1. The summed E-state index contributed by atoms with van der Waals surface area (Å²) in [6, 6.07) is 2.52. The van der Waals surface area contributed by atoms with Gasteiger partial charge in [-0.3, -0.25) is 9.69 Å². The molecule has 46 heavy (non-hydrogen) atoms. The van der Waals surface area contributed by atoms with Gasteiger partial charge >= 0.3 is 6.01 Å². The lowest BCUT2D eigenvalue weighted by Gasteiger charge is -2.43. The van der Waals surface area contributed by atoms with Crippen LogP contribution in [0.25, 0.3) is 37.0 Å². The fourth-order valence-corrected chi connectivity index (χ4v) is 8.43. The fourth-order valence-electron chi connectivity index (χ4n) is 7.16. The monoisotopic (exact) mass is 667 g/mol. The standard InChI is InChI=1S/C32H32ClF2N7O3S/c1-14(18-6-5-11-41(18)4)45-32-39-25-22-27(44-13-12-42(30(22)40-32)19-10-8-15(19)31(43)38-3)23(33)20(24(25)35)16-7-9-17(34)28-21(16)26(37-2)29(36)46-28/h7,9,14-15,18-19H,5-6,8,10-13,36H2,1,3-4H3,(H,38,43)/t14-,15+,18-,19+/m0/s1. The highest BCUT2D eigenvalue weighted by Gasteiger charge is 2.43. The third kappa shape index (κ3) is 4.68. The maximum Gasteiger partial charge on any atom is 0.319 e. The van der Waals surface area contributed by atoms with Gasteiger partial charge in [0.15, 0.2) is 11.6 Å². The Balaban J connectivity index is 1.47. The van der Waals surface area contributed by atoms with Crippen LogP contribution in [0.15, 0.2) is 12.1 Å². The van der Waals surface area contributed by atoms with Gasteiger partial charge in [0.05, 0.1) is 39.1 Å². The maximum absolute atomic E-state index is 17.1. The van der Waals surface area contributed by atoms with Crippen LogP contribution in [-0.4, -0.2) is 72.8 Å². The summed E-state index contributed by atoms with van der Waals surface area (Å²) in [5.74, 6) is -1.19. The molecule has 2 fully saturated rings. The number of likely N-dealkylation sites (N-methyl/N-ethyl adjacent to an activating group) is 1. The predicted octanol–water partition coefficient (Wildman–Crippen LogP) is 6.16. The summed E-state index contributed by atoms with van der Waals surface area (Å²) in [5, 5.41) is 3.24. The number of nitrogen functional groups attached to an aromatic ring is 1. The second kappa shape index (κ2) is 11.7. The molecule has 0 radical (unpaired) electrons. The Morgan fingerprint density at radius 1 is 1.26 bits per heavy atom. The minimum absolute atomic E-state index is 0.0120. The van der Waals surface area contributed by atoms with E-state index in [-0.39, 0.29) is 96.2 Å². The van der Waals surface area contributed by atoms with Gasteiger partial charge in [-0.1, -0.05) is 17.7 Å². The summed E-state index contributed by atoms with van der Waals surface area (Å²) in [4.78, 5) is 29.9. The predicted molar refractivity (Wildman–Crippen MR) is 175 cm³/mol. The number of anilines is 2. The highest BCUT2D eigenvalue weighted by molar-refractivity contribution is 7.23. The van der Waals surface area contributed by atoms with Gasteiger partial charge < -0.3 is 25.4 Å². The topological polar surface area (TPSA) is 110 Å². The zero-order valence-electron chi connectivity index (χ0n) is 25.5. The number of fused-ring (bicyclic) bond motifs is 1. The van der Waals surface area contributed by atoms with E-state index in [1.807, 2.05) is 18.9 Å². The number of aromatic nitrogens is 2. The van der Waals surface area contributed by atoms with Gasteiger partial charge in [-0.25, -0.2) is 13.6 Å². The Morgan fingerprint density at radius 2 is 2.07 bits per heavy atom. The van der Waals surface area contributed by atoms with Crippen molar-refractivity contribution in [2.45, 2.75) is 50.8 Å². The first-order valence-corrected chi connectivity index (χ1v) is 16.4. The van der Waals surface area contributed by atoms with Crippen LogP contribution in [0, 0.1) is 24.1 Å². The molecule has 7 rings (SSSR count). The Morgan fingerprint density at radius 3 is 2.74 bits per heavy atom. The van der Waals surface area contributed by atoms with Crippen molar-refractivity contribution in [3.8, 4) is 22.9 Å². The summed E-state index contributed by atoms with van der Waals surface area (Å²) in [5.41, 5.74) is 6.14. The van der Waals surface area contributed by atoms with Crippen LogP contribution in [0.4, 0.5) is 25.3 Å². The molecule has 4 heterocycles. The van der Waals surface area contributed by atoms with Gasteiger partial charge in [-0.15, -0.1) is 11.3 Å². The number of carbonyl (C=O) groups excluding carboxylic acids is 1. The smallest absolute Gasteiger partial charge is 0.319 e. The molecule has 14 heteroatoms. The summed E-state index contributed by atoms with van der Waals surface area (Å²) >= 11 is 7.93. The van der Waals surface area contributed by atoms with Crippen LogP contribution in [0.5, 0.6) is 11.8 Å². The second-order valence-corrected chi connectivity index (χ2v) is 13.5. The first-order valence-electron chi connectivity index (χ1n) is 15.2. The van der Waals surface area contributed by atoms with Crippen LogP contribution in [0.3, 0.4) is 0 Å². The van der Waals surface area contributed by atoms with Crippen LogP contribution in [0.2, 0.25) is 5.02 Å². The van der Waals surface area contributed by atoms with E-state index in [4.69, 9.17) is 38.4 Å². The first kappa shape index (κ1) is 30.7. The lowest BCUT2D eigenvalue weighted by atomic mass is 9.77. The van der Waals surface area contributed by atoms with E-state index in [1.165, 1.54) is 12.1 Å². The number of carbonyl (C=O) groups is 1. The number of amides is 1. The van der Waals surface area contributed by atoms with Gasteiger partial charge in [0, 0.05) is 30.1 Å². The number of nitrogens with two attached hydrogens (primary N) is 1. The van der Waals surface area contributed by atoms with Crippen LogP contribution in [0.1, 0.15) is 32.6 Å². The molecule has 3 aliphatic rings. The lowest BCUT2D eigenvalue weighted by molar-refractivity contribution is -0.127. The zero-order chi connectivity index (χ0) is 32.4. The molecule has 10 nitrogen and oxygen atoms in total. The van der Waals surface area contributed by atoms with Gasteiger partial charge in [0.25, 0.3) is 0 Å². The number of rotatable bonds is 6. The minimum Gasteiger partial charge on any atom is -0.489 e. The quantitative estimate of drug-likeness (QED) is 0.235. The molecule has 2 aliphatic heterocycles. The molecule has 1 saturated heterocycles. The summed E-state index contributed by atoms with van der Waals surface area (Å²) in [6.45, 7) is 11.1. The van der Waals surface area contributed by atoms with Crippen molar-refractivity contribution < 1.29 is 23.0 Å². The van der Waals surface area contributed by atoms with Crippen molar-refractivity contribution in [2.24, 2.45) is 5.92 Å². The van der Waals surface area contributed by atoms with E-state index in [9.17, 15) is 9.18 Å². The molecule has 1 aliphatic carbocycles. The molecule has 2 aromatic heterocycles. The number of likely N-dealkylation sites (tertiary alicyclic amines) is 1. The number of hydrogen-bond acceptors (Lipinski definition) is 9. The van der Waals surface area contributed by atoms with Crippen molar-refractivity contribution in [3.05, 3.63) is 40.2 Å². The van der Waals surface area contributed by atoms with Gasteiger partial charge in [0.2, 0.25) is 11.6 Å². The normalized spacial score (nSPS) is 21.8.